The minimum absolute atomic E-state index is 0.200. The zero-order valence-corrected chi connectivity index (χ0v) is 29.3. The number of carbonyl (C=O) groups excluding carboxylic acids is 2. The van der Waals surface area contributed by atoms with E-state index in [-0.39, 0.29) is 11.0 Å². The van der Waals surface area contributed by atoms with Crippen molar-refractivity contribution in [3.63, 3.8) is 0 Å². The third kappa shape index (κ3) is 29.3. The standard InChI is InChI=1S/C38H72NO2P/c1-3-5-7-9-11-13-15-17-19-21-23-25-27-29-31-33-37(40)42(36-35-39)38(41)34-32-30-28-26-24-22-20-18-16-14-12-10-8-6-4-2/h17-20H,3-16,21-36,39H2,1-2H3/b19-17-,20-18-. The molecule has 0 bridgehead atoms. The lowest BCUT2D eigenvalue weighted by atomic mass is 10.1. The Morgan fingerprint density at radius 2 is 0.738 bits per heavy atom. The highest BCUT2D eigenvalue weighted by atomic mass is 31.1. The summed E-state index contributed by atoms with van der Waals surface area (Å²) in [5, 5.41) is 0. The predicted octanol–water partition coefficient (Wildman–Crippen LogP) is 12.6. The van der Waals surface area contributed by atoms with E-state index in [9.17, 15) is 9.59 Å². The van der Waals surface area contributed by atoms with Crippen LogP contribution in [0.5, 0.6) is 0 Å². The molecule has 0 rings (SSSR count). The Bertz CT molecular complexity index is 593. The van der Waals surface area contributed by atoms with Gasteiger partial charge in [0.15, 0.2) is 11.0 Å². The quantitative estimate of drug-likeness (QED) is 0.0451. The van der Waals surface area contributed by atoms with Gasteiger partial charge in [0.1, 0.15) is 0 Å². The van der Waals surface area contributed by atoms with Crippen molar-refractivity contribution in [1.29, 1.82) is 0 Å². The molecule has 0 unspecified atom stereocenters. The van der Waals surface area contributed by atoms with E-state index in [4.69, 9.17) is 5.73 Å². The second kappa shape index (κ2) is 34.7. The first-order valence-corrected chi connectivity index (χ1v) is 20.0. The third-order valence-electron chi connectivity index (χ3n) is 8.26. The minimum Gasteiger partial charge on any atom is -0.330 e. The van der Waals surface area contributed by atoms with Crippen LogP contribution in [0.4, 0.5) is 0 Å². The zero-order chi connectivity index (χ0) is 30.8. The van der Waals surface area contributed by atoms with Gasteiger partial charge in [-0.2, -0.15) is 0 Å². The Morgan fingerprint density at radius 1 is 0.452 bits per heavy atom. The molecule has 0 radical (unpaired) electrons. The van der Waals surface area contributed by atoms with Gasteiger partial charge in [-0.05, 0) is 76.9 Å². The fraction of sp³-hybridized carbons (Fsp3) is 0.842. The first-order chi connectivity index (χ1) is 20.7. The molecule has 0 saturated heterocycles. The van der Waals surface area contributed by atoms with E-state index in [0.717, 1.165) is 25.7 Å². The van der Waals surface area contributed by atoms with E-state index in [1.54, 1.807) is 0 Å². The molecule has 0 amide bonds. The Kier molecular flexibility index (Phi) is 34.0. The molecule has 0 aliphatic carbocycles. The molecule has 0 aromatic carbocycles. The number of nitrogens with two attached hydrogens (primary N) is 1. The number of hydrogen-bond acceptors (Lipinski definition) is 3. The first-order valence-electron chi connectivity index (χ1n) is 18.5. The molecule has 0 aromatic heterocycles. The van der Waals surface area contributed by atoms with Gasteiger partial charge in [-0.1, -0.05) is 141 Å². The second-order valence-electron chi connectivity index (χ2n) is 12.4. The maximum Gasteiger partial charge on any atom is 0.162 e. The van der Waals surface area contributed by atoms with Crippen LogP contribution in [-0.2, 0) is 9.59 Å². The van der Waals surface area contributed by atoms with Crippen LogP contribution in [0.2, 0.25) is 0 Å². The first kappa shape index (κ1) is 41.2. The van der Waals surface area contributed by atoms with E-state index in [0.29, 0.717) is 25.5 Å². The molecule has 0 saturated carbocycles. The molecular formula is C38H72NO2P. The Labute approximate surface area is 264 Å². The normalized spacial score (nSPS) is 11.9. The van der Waals surface area contributed by atoms with Crippen molar-refractivity contribution in [3.05, 3.63) is 24.3 Å². The average molecular weight is 606 g/mol. The smallest absolute Gasteiger partial charge is 0.162 e. The van der Waals surface area contributed by atoms with Crippen LogP contribution in [0, 0.1) is 0 Å². The summed E-state index contributed by atoms with van der Waals surface area (Å²) in [7, 11) is -1.19. The summed E-state index contributed by atoms with van der Waals surface area (Å²) < 4.78 is 0. The van der Waals surface area contributed by atoms with Gasteiger partial charge in [0.25, 0.3) is 0 Å². The monoisotopic (exact) mass is 606 g/mol. The Balaban J connectivity index is 3.74. The van der Waals surface area contributed by atoms with Gasteiger partial charge in [0, 0.05) is 20.8 Å². The van der Waals surface area contributed by atoms with Crippen molar-refractivity contribution in [3.8, 4) is 0 Å². The van der Waals surface area contributed by atoms with E-state index < -0.39 is 7.92 Å². The molecular weight excluding hydrogens is 533 g/mol. The topological polar surface area (TPSA) is 60.2 Å². The van der Waals surface area contributed by atoms with E-state index in [1.165, 1.54) is 141 Å². The summed E-state index contributed by atoms with van der Waals surface area (Å²) in [6.45, 7) is 4.99. The Hall–Kier alpha value is -0.790. The average Bonchev–Trinajstić information content (AvgIpc) is 2.99. The van der Waals surface area contributed by atoms with Crippen molar-refractivity contribution in [2.45, 2.75) is 194 Å². The van der Waals surface area contributed by atoms with Crippen LogP contribution in [0.1, 0.15) is 194 Å². The fourth-order valence-corrected chi connectivity index (χ4v) is 7.37. The lowest BCUT2D eigenvalue weighted by Gasteiger charge is -2.14. The molecule has 0 fully saturated rings. The predicted molar refractivity (Wildman–Crippen MR) is 190 cm³/mol. The molecule has 42 heavy (non-hydrogen) atoms. The number of unbranched alkanes of at least 4 members (excludes halogenated alkanes) is 22. The molecule has 0 aliphatic heterocycles. The molecule has 0 spiro atoms. The number of allylic oxidation sites excluding steroid dienone is 4. The lowest BCUT2D eigenvalue weighted by Crippen LogP contribution is -2.14. The van der Waals surface area contributed by atoms with E-state index in [2.05, 4.69) is 38.2 Å². The summed E-state index contributed by atoms with van der Waals surface area (Å²) in [6, 6.07) is 0. The van der Waals surface area contributed by atoms with Gasteiger partial charge in [-0.3, -0.25) is 9.59 Å². The third-order valence-corrected chi connectivity index (χ3v) is 10.6. The van der Waals surface area contributed by atoms with Crippen molar-refractivity contribution >= 4 is 19.0 Å². The van der Waals surface area contributed by atoms with Crippen LogP contribution in [0.15, 0.2) is 24.3 Å². The molecule has 0 heterocycles. The van der Waals surface area contributed by atoms with Crippen LogP contribution in [-0.4, -0.2) is 23.8 Å². The second-order valence-corrected chi connectivity index (χ2v) is 14.7. The summed E-state index contributed by atoms with van der Waals surface area (Å²) in [4.78, 5) is 25.6. The molecule has 0 aliphatic rings. The Morgan fingerprint density at radius 3 is 1.05 bits per heavy atom. The summed E-state index contributed by atoms with van der Waals surface area (Å²) in [5.74, 6) is 0. The fourth-order valence-electron chi connectivity index (χ4n) is 5.48. The summed E-state index contributed by atoms with van der Waals surface area (Å²) in [6.07, 6.45) is 43.8. The van der Waals surface area contributed by atoms with Crippen molar-refractivity contribution in [1.82, 2.24) is 0 Å². The largest absolute Gasteiger partial charge is 0.330 e. The molecule has 246 valence electrons. The molecule has 4 heteroatoms. The van der Waals surface area contributed by atoms with Crippen LogP contribution in [0.3, 0.4) is 0 Å². The van der Waals surface area contributed by atoms with Gasteiger partial charge >= 0.3 is 0 Å². The summed E-state index contributed by atoms with van der Waals surface area (Å²) in [5.41, 5.74) is 6.18. The summed E-state index contributed by atoms with van der Waals surface area (Å²) >= 11 is 0. The van der Waals surface area contributed by atoms with Gasteiger partial charge in [0.2, 0.25) is 0 Å². The van der Waals surface area contributed by atoms with Gasteiger partial charge in [-0.25, -0.2) is 0 Å². The van der Waals surface area contributed by atoms with Crippen LogP contribution >= 0.6 is 7.92 Å². The van der Waals surface area contributed by atoms with Gasteiger partial charge in [0.05, 0.1) is 0 Å². The van der Waals surface area contributed by atoms with Crippen LogP contribution in [0.25, 0.3) is 0 Å². The van der Waals surface area contributed by atoms with Crippen molar-refractivity contribution in [2.75, 3.05) is 12.7 Å². The highest BCUT2D eigenvalue weighted by Crippen LogP contribution is 2.40. The van der Waals surface area contributed by atoms with Crippen LogP contribution < -0.4 is 5.73 Å². The maximum absolute atomic E-state index is 12.8. The SMILES string of the molecule is CCCCCCCC/C=C\CCCCCCCC(=O)P(CCN)C(=O)CCCCCCC/C=C\CCCCCCCC. The highest BCUT2D eigenvalue weighted by molar-refractivity contribution is 7.89. The van der Waals surface area contributed by atoms with Crippen molar-refractivity contribution in [2.24, 2.45) is 5.73 Å². The van der Waals surface area contributed by atoms with E-state index in [1.807, 2.05) is 0 Å². The molecule has 2 N–H and O–H groups in total. The number of rotatable bonds is 34. The minimum atomic E-state index is -1.19. The van der Waals surface area contributed by atoms with E-state index >= 15 is 0 Å². The van der Waals surface area contributed by atoms with Gasteiger partial charge in [-0.15, -0.1) is 0 Å². The highest BCUT2D eigenvalue weighted by Gasteiger charge is 2.24. The molecule has 3 nitrogen and oxygen atoms in total. The zero-order valence-electron chi connectivity index (χ0n) is 28.4. The van der Waals surface area contributed by atoms with Crippen molar-refractivity contribution < 1.29 is 9.59 Å². The lowest BCUT2D eigenvalue weighted by molar-refractivity contribution is -0.114. The molecule has 0 atom stereocenters. The number of carbonyl (C=O) groups is 2. The number of hydrogen-bond donors (Lipinski definition) is 1. The molecule has 0 aromatic rings. The maximum atomic E-state index is 12.8. The van der Waals surface area contributed by atoms with Gasteiger partial charge < -0.3 is 5.73 Å².